The zero-order chi connectivity index (χ0) is 13.8. The molecular formula is C15H19BrClNO. The molecule has 19 heavy (non-hydrogen) atoms. The SMILES string of the molecule is Cc1cccc(C(=O)N2CCCCC2CCCl)c1Br. The van der Waals surface area contributed by atoms with Crippen LogP contribution in [0.4, 0.5) is 0 Å². The number of hydrogen-bond acceptors (Lipinski definition) is 1. The van der Waals surface area contributed by atoms with Crippen molar-refractivity contribution in [2.24, 2.45) is 0 Å². The van der Waals surface area contributed by atoms with Crippen molar-refractivity contribution in [3.8, 4) is 0 Å². The van der Waals surface area contributed by atoms with Gasteiger partial charge in [-0.25, -0.2) is 0 Å². The lowest BCUT2D eigenvalue weighted by Crippen LogP contribution is -2.44. The third kappa shape index (κ3) is 3.32. The van der Waals surface area contributed by atoms with E-state index in [-0.39, 0.29) is 5.91 Å². The van der Waals surface area contributed by atoms with E-state index in [0.717, 1.165) is 41.4 Å². The Morgan fingerprint density at radius 3 is 3.00 bits per heavy atom. The van der Waals surface area contributed by atoms with Crippen LogP contribution in [-0.4, -0.2) is 29.3 Å². The highest BCUT2D eigenvalue weighted by molar-refractivity contribution is 9.10. The number of aryl methyl sites for hydroxylation is 1. The van der Waals surface area contributed by atoms with Crippen molar-refractivity contribution in [2.75, 3.05) is 12.4 Å². The highest BCUT2D eigenvalue weighted by Crippen LogP contribution is 2.27. The van der Waals surface area contributed by atoms with Gasteiger partial charge in [-0.1, -0.05) is 12.1 Å². The number of nitrogens with zero attached hydrogens (tertiary/aromatic N) is 1. The van der Waals surface area contributed by atoms with Crippen LogP contribution in [0.5, 0.6) is 0 Å². The van der Waals surface area contributed by atoms with Crippen molar-refractivity contribution in [1.82, 2.24) is 4.90 Å². The third-order valence-electron chi connectivity index (χ3n) is 3.75. The Labute approximate surface area is 128 Å². The van der Waals surface area contributed by atoms with Gasteiger partial charge in [0.25, 0.3) is 5.91 Å². The summed E-state index contributed by atoms with van der Waals surface area (Å²) in [5.74, 6) is 0.745. The second-order valence-electron chi connectivity index (χ2n) is 5.06. The lowest BCUT2D eigenvalue weighted by Gasteiger charge is -2.36. The summed E-state index contributed by atoms with van der Waals surface area (Å²) in [6.07, 6.45) is 4.24. The molecule has 0 saturated carbocycles. The standard InChI is InChI=1S/C15H19BrClNO/c1-11-5-4-7-13(14(11)16)15(19)18-10-3-2-6-12(18)8-9-17/h4-5,7,12H,2-3,6,8-10H2,1H3. The van der Waals surface area contributed by atoms with Crippen LogP contribution in [0.3, 0.4) is 0 Å². The first-order valence-corrected chi connectivity index (χ1v) is 8.10. The Hall–Kier alpha value is -0.540. The van der Waals surface area contributed by atoms with Gasteiger partial charge in [-0.3, -0.25) is 4.79 Å². The van der Waals surface area contributed by atoms with Crippen LogP contribution >= 0.6 is 27.5 Å². The molecule has 1 aliphatic heterocycles. The Kier molecular flexibility index (Phi) is 5.28. The van der Waals surface area contributed by atoms with Gasteiger partial charge in [-0.2, -0.15) is 0 Å². The molecule has 4 heteroatoms. The minimum Gasteiger partial charge on any atom is -0.336 e. The number of hydrogen-bond donors (Lipinski definition) is 0. The molecule has 1 amide bonds. The predicted molar refractivity (Wildman–Crippen MR) is 82.9 cm³/mol. The minimum atomic E-state index is 0.130. The number of alkyl halides is 1. The van der Waals surface area contributed by atoms with E-state index in [1.165, 1.54) is 6.42 Å². The molecule has 2 nitrogen and oxygen atoms in total. The first-order chi connectivity index (χ1) is 9.15. The van der Waals surface area contributed by atoms with Crippen molar-refractivity contribution < 1.29 is 4.79 Å². The summed E-state index contributed by atoms with van der Waals surface area (Å²) in [6.45, 7) is 2.86. The van der Waals surface area contributed by atoms with Crippen LogP contribution in [-0.2, 0) is 0 Å². The Bertz CT molecular complexity index is 461. The van der Waals surface area contributed by atoms with E-state index in [1.807, 2.05) is 30.0 Å². The fourth-order valence-corrected chi connectivity index (χ4v) is 3.35. The molecule has 1 heterocycles. The minimum absolute atomic E-state index is 0.130. The maximum atomic E-state index is 12.7. The first kappa shape index (κ1) is 14.9. The van der Waals surface area contributed by atoms with Gasteiger partial charge in [0.05, 0.1) is 5.56 Å². The zero-order valence-corrected chi connectivity index (χ0v) is 13.5. The Balaban J connectivity index is 2.23. The number of halogens is 2. The van der Waals surface area contributed by atoms with Crippen molar-refractivity contribution in [2.45, 2.75) is 38.6 Å². The van der Waals surface area contributed by atoms with Crippen LogP contribution in [0.15, 0.2) is 22.7 Å². The molecule has 1 aromatic carbocycles. The molecule has 0 N–H and O–H groups in total. The molecule has 2 rings (SSSR count). The molecule has 1 aliphatic rings. The summed E-state index contributed by atoms with van der Waals surface area (Å²) in [5.41, 5.74) is 1.86. The second kappa shape index (κ2) is 6.76. The smallest absolute Gasteiger partial charge is 0.255 e. The first-order valence-electron chi connectivity index (χ1n) is 6.77. The van der Waals surface area contributed by atoms with Crippen molar-refractivity contribution >= 4 is 33.4 Å². The molecule has 1 fully saturated rings. The van der Waals surface area contributed by atoms with Crippen LogP contribution in [0.25, 0.3) is 0 Å². The molecule has 1 atom stereocenters. The number of benzene rings is 1. The molecule has 0 radical (unpaired) electrons. The number of carbonyl (C=O) groups is 1. The normalized spacial score (nSPS) is 19.5. The lowest BCUT2D eigenvalue weighted by atomic mass is 9.98. The topological polar surface area (TPSA) is 20.3 Å². The quantitative estimate of drug-likeness (QED) is 0.745. The lowest BCUT2D eigenvalue weighted by molar-refractivity contribution is 0.0608. The highest BCUT2D eigenvalue weighted by Gasteiger charge is 2.28. The molecular weight excluding hydrogens is 326 g/mol. The van der Waals surface area contributed by atoms with Gasteiger partial charge >= 0.3 is 0 Å². The van der Waals surface area contributed by atoms with Gasteiger partial charge in [0.1, 0.15) is 0 Å². The molecule has 0 aliphatic carbocycles. The van der Waals surface area contributed by atoms with Gasteiger partial charge < -0.3 is 4.90 Å². The molecule has 1 unspecified atom stereocenters. The maximum absolute atomic E-state index is 12.7. The van der Waals surface area contributed by atoms with Gasteiger partial charge in [0, 0.05) is 22.9 Å². The van der Waals surface area contributed by atoms with E-state index >= 15 is 0 Å². The Morgan fingerprint density at radius 2 is 2.26 bits per heavy atom. The predicted octanol–water partition coefficient (Wildman–Crippen LogP) is 4.38. The largest absolute Gasteiger partial charge is 0.336 e. The number of carbonyl (C=O) groups excluding carboxylic acids is 1. The number of rotatable bonds is 3. The summed E-state index contributed by atoms with van der Waals surface area (Å²) in [5, 5.41) is 0. The Morgan fingerprint density at radius 1 is 1.47 bits per heavy atom. The zero-order valence-electron chi connectivity index (χ0n) is 11.2. The molecule has 104 valence electrons. The molecule has 0 bridgehead atoms. The number of piperidine rings is 1. The van der Waals surface area contributed by atoms with Crippen molar-refractivity contribution in [1.29, 1.82) is 0 Å². The van der Waals surface area contributed by atoms with E-state index in [2.05, 4.69) is 15.9 Å². The average molecular weight is 345 g/mol. The third-order valence-corrected chi connectivity index (χ3v) is 5.02. The molecule has 1 saturated heterocycles. The van der Waals surface area contributed by atoms with Gasteiger partial charge in [-0.15, -0.1) is 11.6 Å². The maximum Gasteiger partial charge on any atom is 0.255 e. The van der Waals surface area contributed by atoms with Crippen LogP contribution < -0.4 is 0 Å². The highest BCUT2D eigenvalue weighted by atomic mass is 79.9. The summed E-state index contributed by atoms with van der Waals surface area (Å²) in [4.78, 5) is 14.7. The fourth-order valence-electron chi connectivity index (χ4n) is 2.66. The summed E-state index contributed by atoms with van der Waals surface area (Å²) < 4.78 is 0.912. The summed E-state index contributed by atoms with van der Waals surface area (Å²) in [6, 6.07) is 6.14. The van der Waals surface area contributed by atoms with Gasteiger partial charge in [0.2, 0.25) is 0 Å². The van der Waals surface area contributed by atoms with E-state index in [4.69, 9.17) is 11.6 Å². The van der Waals surface area contributed by atoms with Gasteiger partial charge in [-0.05, 0) is 60.2 Å². The van der Waals surface area contributed by atoms with Crippen molar-refractivity contribution in [3.05, 3.63) is 33.8 Å². The number of likely N-dealkylation sites (tertiary alicyclic amines) is 1. The van der Waals surface area contributed by atoms with E-state index in [0.29, 0.717) is 11.9 Å². The van der Waals surface area contributed by atoms with E-state index < -0.39 is 0 Å². The van der Waals surface area contributed by atoms with Gasteiger partial charge in [0.15, 0.2) is 0 Å². The summed E-state index contributed by atoms with van der Waals surface area (Å²) in [7, 11) is 0. The van der Waals surface area contributed by atoms with Crippen LogP contribution in [0.1, 0.15) is 41.6 Å². The van der Waals surface area contributed by atoms with Crippen LogP contribution in [0, 0.1) is 6.92 Å². The van der Waals surface area contributed by atoms with E-state index in [1.54, 1.807) is 0 Å². The molecule has 1 aromatic rings. The van der Waals surface area contributed by atoms with E-state index in [9.17, 15) is 4.79 Å². The van der Waals surface area contributed by atoms with Crippen LogP contribution in [0.2, 0.25) is 0 Å². The summed E-state index contributed by atoms with van der Waals surface area (Å²) >= 11 is 9.39. The second-order valence-corrected chi connectivity index (χ2v) is 6.23. The average Bonchev–Trinajstić information content (AvgIpc) is 2.42. The fraction of sp³-hybridized carbons (Fsp3) is 0.533. The molecule has 0 aromatic heterocycles. The monoisotopic (exact) mass is 343 g/mol. The van der Waals surface area contributed by atoms with Crippen molar-refractivity contribution in [3.63, 3.8) is 0 Å². The number of amides is 1. The molecule has 0 spiro atoms.